The first kappa shape index (κ1) is 9.25. The second-order valence-corrected chi connectivity index (χ2v) is 3.10. The highest BCUT2D eigenvalue weighted by atomic mass is 35.5. The maximum atomic E-state index is 3.38. The zero-order valence-corrected chi connectivity index (χ0v) is 7.00. The van der Waals surface area contributed by atoms with Crippen molar-refractivity contribution < 1.29 is 0 Å². The molecule has 1 rings (SSSR count). The lowest BCUT2D eigenvalue weighted by Gasteiger charge is -2.24. The van der Waals surface area contributed by atoms with Crippen LogP contribution in [0.15, 0.2) is 0 Å². The van der Waals surface area contributed by atoms with Gasteiger partial charge in [-0.05, 0) is 31.3 Å². The Hall–Kier alpha value is 0.250. The Morgan fingerprint density at radius 3 is 1.78 bits per heavy atom. The highest BCUT2D eigenvalue weighted by Gasteiger charge is 2.12. The molecule has 1 saturated heterocycles. The van der Waals surface area contributed by atoms with Gasteiger partial charge in [0, 0.05) is 0 Å². The molecule has 0 bridgehead atoms. The van der Waals surface area contributed by atoms with Crippen molar-refractivity contribution in [1.29, 1.82) is 0 Å². The molecule has 9 heavy (non-hydrogen) atoms. The van der Waals surface area contributed by atoms with Crippen molar-refractivity contribution in [1.82, 2.24) is 5.32 Å². The number of hydrogen-bond donors (Lipinski definition) is 1. The van der Waals surface area contributed by atoms with Crippen LogP contribution in [0.1, 0.15) is 20.3 Å². The van der Waals surface area contributed by atoms with E-state index in [-0.39, 0.29) is 12.4 Å². The summed E-state index contributed by atoms with van der Waals surface area (Å²) in [5.41, 5.74) is 0. The molecule has 2 heteroatoms. The average Bonchev–Trinajstić information content (AvgIpc) is 1.64. The third-order valence-corrected chi connectivity index (χ3v) is 1.79. The van der Waals surface area contributed by atoms with E-state index in [1.54, 1.807) is 0 Å². The predicted octanol–water partition coefficient (Wildman–Crippen LogP) is 1.67. The monoisotopic (exact) mass is 149 g/mol. The van der Waals surface area contributed by atoms with Gasteiger partial charge >= 0.3 is 0 Å². The number of piperidine rings is 1. The van der Waals surface area contributed by atoms with E-state index in [9.17, 15) is 0 Å². The molecule has 1 N–H and O–H groups in total. The maximum absolute atomic E-state index is 3.38. The fourth-order valence-electron chi connectivity index (χ4n) is 1.43. The molecule has 0 amide bonds. The molecule has 0 saturated carbocycles. The Kier molecular flexibility index (Phi) is 4.24. The minimum atomic E-state index is 0. The highest BCUT2D eigenvalue weighted by molar-refractivity contribution is 5.85. The number of halogens is 1. The van der Waals surface area contributed by atoms with E-state index in [2.05, 4.69) is 19.2 Å². The van der Waals surface area contributed by atoms with E-state index in [0.29, 0.717) is 0 Å². The zero-order chi connectivity index (χ0) is 5.98. The molecule has 1 aliphatic heterocycles. The molecule has 0 aromatic heterocycles. The first-order chi connectivity index (χ1) is 3.79. The minimum absolute atomic E-state index is 0. The number of nitrogens with one attached hydrogen (secondary N) is 1. The zero-order valence-electron chi connectivity index (χ0n) is 6.18. The van der Waals surface area contributed by atoms with E-state index in [1.807, 2.05) is 0 Å². The normalized spacial score (nSPS) is 35.3. The van der Waals surface area contributed by atoms with Gasteiger partial charge in [-0.2, -0.15) is 0 Å². The average molecular weight is 150 g/mol. The lowest BCUT2D eigenvalue weighted by molar-refractivity contribution is 0.321. The van der Waals surface area contributed by atoms with Crippen LogP contribution in [0.5, 0.6) is 0 Å². The van der Waals surface area contributed by atoms with Crippen molar-refractivity contribution in [3.05, 3.63) is 0 Å². The largest absolute Gasteiger partial charge is 0.316 e. The quantitative estimate of drug-likeness (QED) is 0.553. The lowest BCUT2D eigenvalue weighted by atomic mass is 9.94. The summed E-state index contributed by atoms with van der Waals surface area (Å²) in [6, 6.07) is 0. The second-order valence-electron chi connectivity index (χ2n) is 3.10. The van der Waals surface area contributed by atoms with Gasteiger partial charge in [0.2, 0.25) is 0 Å². The summed E-state index contributed by atoms with van der Waals surface area (Å²) < 4.78 is 0. The van der Waals surface area contributed by atoms with Gasteiger partial charge in [-0.15, -0.1) is 12.4 Å². The summed E-state index contributed by atoms with van der Waals surface area (Å²) in [5.74, 6) is 1.80. The van der Waals surface area contributed by atoms with Crippen LogP contribution in [-0.4, -0.2) is 13.1 Å². The number of rotatable bonds is 0. The van der Waals surface area contributed by atoms with Gasteiger partial charge in [-0.25, -0.2) is 0 Å². The highest BCUT2D eigenvalue weighted by Crippen LogP contribution is 2.13. The first-order valence-corrected chi connectivity index (χ1v) is 3.49. The fourth-order valence-corrected chi connectivity index (χ4v) is 1.43. The van der Waals surface area contributed by atoms with Gasteiger partial charge in [0.1, 0.15) is 0 Å². The Morgan fingerprint density at radius 1 is 1.11 bits per heavy atom. The topological polar surface area (TPSA) is 12.0 Å². The second kappa shape index (κ2) is 4.13. The molecule has 1 aliphatic rings. The van der Waals surface area contributed by atoms with Crippen molar-refractivity contribution in [3.8, 4) is 0 Å². The van der Waals surface area contributed by atoms with Crippen molar-refractivity contribution in [2.75, 3.05) is 13.1 Å². The summed E-state index contributed by atoms with van der Waals surface area (Å²) in [6.45, 7) is 7.07. The number of hydrogen-bond acceptors (Lipinski definition) is 1. The summed E-state index contributed by atoms with van der Waals surface area (Å²) >= 11 is 0. The molecule has 0 unspecified atom stereocenters. The molecular formula is C7H16ClN. The Bertz CT molecular complexity index is 67.3. The molecule has 56 valence electrons. The third-order valence-electron chi connectivity index (χ3n) is 1.79. The van der Waals surface area contributed by atoms with Gasteiger partial charge < -0.3 is 5.32 Å². The van der Waals surface area contributed by atoms with Crippen LogP contribution < -0.4 is 5.32 Å². The van der Waals surface area contributed by atoms with Crippen molar-refractivity contribution >= 4 is 12.4 Å². The van der Waals surface area contributed by atoms with E-state index in [4.69, 9.17) is 0 Å². The molecule has 0 aromatic carbocycles. The van der Waals surface area contributed by atoms with Crippen molar-refractivity contribution in [2.24, 2.45) is 11.8 Å². The SMILES string of the molecule is C[C@@H]1CNC[C@H](C)C1.Cl. The summed E-state index contributed by atoms with van der Waals surface area (Å²) in [5, 5.41) is 3.38. The molecule has 1 heterocycles. The van der Waals surface area contributed by atoms with Crippen LogP contribution in [0.25, 0.3) is 0 Å². The Labute approximate surface area is 63.6 Å². The van der Waals surface area contributed by atoms with Crippen LogP contribution >= 0.6 is 12.4 Å². The van der Waals surface area contributed by atoms with Gasteiger partial charge in [0.25, 0.3) is 0 Å². The predicted molar refractivity (Wildman–Crippen MR) is 43.1 cm³/mol. The molecule has 1 nitrogen and oxygen atoms in total. The van der Waals surface area contributed by atoms with Crippen molar-refractivity contribution in [3.63, 3.8) is 0 Å². The molecule has 0 aromatic rings. The van der Waals surface area contributed by atoms with Gasteiger partial charge in [0.05, 0.1) is 0 Å². The van der Waals surface area contributed by atoms with Crippen LogP contribution in [0, 0.1) is 11.8 Å². The standard InChI is InChI=1S/C7H15N.ClH/c1-6-3-7(2)5-8-4-6;/h6-8H,3-5H2,1-2H3;1H/t6-,7+;. The Morgan fingerprint density at radius 2 is 1.56 bits per heavy atom. The molecular weight excluding hydrogens is 134 g/mol. The smallest absolute Gasteiger partial charge is 0.00229 e. The molecule has 0 aliphatic carbocycles. The van der Waals surface area contributed by atoms with Crippen LogP contribution in [0.4, 0.5) is 0 Å². The third kappa shape index (κ3) is 3.07. The summed E-state index contributed by atoms with van der Waals surface area (Å²) in [6.07, 6.45) is 1.41. The lowest BCUT2D eigenvalue weighted by Crippen LogP contribution is -2.33. The molecule has 0 radical (unpaired) electrons. The van der Waals surface area contributed by atoms with Crippen LogP contribution in [0.3, 0.4) is 0 Å². The van der Waals surface area contributed by atoms with Crippen LogP contribution in [-0.2, 0) is 0 Å². The van der Waals surface area contributed by atoms with E-state index in [0.717, 1.165) is 11.8 Å². The van der Waals surface area contributed by atoms with Gasteiger partial charge in [-0.1, -0.05) is 13.8 Å². The fraction of sp³-hybridized carbons (Fsp3) is 1.00. The molecule has 0 spiro atoms. The van der Waals surface area contributed by atoms with Gasteiger partial charge in [-0.3, -0.25) is 0 Å². The summed E-state index contributed by atoms with van der Waals surface area (Å²) in [7, 11) is 0. The van der Waals surface area contributed by atoms with Gasteiger partial charge in [0.15, 0.2) is 0 Å². The molecule has 1 fully saturated rings. The van der Waals surface area contributed by atoms with E-state index >= 15 is 0 Å². The Balaban J connectivity index is 0.000000640. The van der Waals surface area contributed by atoms with E-state index < -0.39 is 0 Å². The van der Waals surface area contributed by atoms with Crippen LogP contribution in [0.2, 0.25) is 0 Å². The first-order valence-electron chi connectivity index (χ1n) is 3.49. The minimum Gasteiger partial charge on any atom is -0.316 e. The molecule has 2 atom stereocenters. The van der Waals surface area contributed by atoms with Crippen molar-refractivity contribution in [2.45, 2.75) is 20.3 Å². The van der Waals surface area contributed by atoms with E-state index in [1.165, 1.54) is 19.5 Å². The summed E-state index contributed by atoms with van der Waals surface area (Å²) in [4.78, 5) is 0. The maximum Gasteiger partial charge on any atom is -0.00229 e.